The molecule has 1 aliphatic heterocycles. The van der Waals surface area contributed by atoms with E-state index in [9.17, 15) is 8.42 Å². The molecule has 125 heavy (non-hydrogen) atoms. The zero-order valence-corrected chi connectivity index (χ0v) is 69.2. The van der Waals surface area contributed by atoms with Gasteiger partial charge in [0.05, 0.1) is 9.79 Å². The molecule has 0 saturated carbocycles. The van der Waals surface area contributed by atoms with E-state index < -0.39 is 9.84 Å². The van der Waals surface area contributed by atoms with Crippen molar-refractivity contribution in [2.45, 2.75) is 9.79 Å². The van der Waals surface area contributed by atoms with Gasteiger partial charge in [-0.3, -0.25) is 0 Å². The molecule has 0 radical (unpaired) electrons. The Kier molecular flexibility index (Phi) is 16.6. The average molecular weight is 1630 g/mol. The maximum Gasteiger partial charge on any atom is 0.207 e. The van der Waals surface area contributed by atoms with Crippen LogP contribution in [0.1, 0.15) is 0 Å². The highest BCUT2D eigenvalue weighted by molar-refractivity contribution is 7.92. The third kappa shape index (κ3) is 11.4. The number of furan rings is 1. The van der Waals surface area contributed by atoms with Crippen LogP contribution >= 0.6 is 11.3 Å². The van der Waals surface area contributed by atoms with Gasteiger partial charge in [0.2, 0.25) is 9.84 Å². The van der Waals surface area contributed by atoms with Crippen LogP contribution in [0.4, 0.5) is 0 Å². The highest BCUT2D eigenvalue weighted by atomic mass is 32.2. The monoisotopic (exact) mass is 1620 g/mol. The minimum Gasteiger partial charge on any atom is -0.456 e. The number of fused-ring (bicyclic) bond motifs is 18. The molecule has 5 heteroatoms. The van der Waals surface area contributed by atoms with Crippen molar-refractivity contribution >= 4 is 95.6 Å². The summed E-state index contributed by atoms with van der Waals surface area (Å²) in [4.78, 5) is 0.754. The molecule has 0 unspecified atom stereocenters. The van der Waals surface area contributed by atoms with E-state index in [4.69, 9.17) is 4.42 Å². The van der Waals surface area contributed by atoms with Gasteiger partial charge in [0.1, 0.15) is 11.2 Å². The number of hydrogen-bond donors (Lipinski definition) is 0. The molecule has 3 heterocycles. The Morgan fingerprint density at radius 3 is 0.936 bits per heavy atom. The minimum absolute atomic E-state index is 0.373. The summed E-state index contributed by atoms with van der Waals surface area (Å²) in [6.45, 7) is 0. The van der Waals surface area contributed by atoms with Gasteiger partial charge in [-0.1, -0.05) is 376 Å². The van der Waals surface area contributed by atoms with Crippen molar-refractivity contribution in [1.29, 1.82) is 0 Å². The summed E-state index contributed by atoms with van der Waals surface area (Å²) in [5.74, 6) is 0. The first kappa shape index (κ1) is 72.2. The fraction of sp³-hybridized carbons (Fsp3) is 0. The molecule has 0 spiro atoms. The molecule has 0 saturated heterocycles. The topological polar surface area (TPSA) is 47.3 Å². The SMILES string of the molecule is O=S1(=O)c2ccccc2-c2ccc(-c3cc(-c4ccccc4)c4c(c3-c3ccccc3)-c3cccc5cccc-4c35)cc21.c1ccc(-c2cc(-c3ccc4c(c3)oc3ccccc34)c(-c3ccccc3)c3c2-c2cccc4cccc-3c24)cc1.c1ccc(-c2cc(-c3ccc4c(c3)sc3ccccc34)c(-c3ccccc3)c3c2-c2cccc4cccc-3c24)cc1. The highest BCUT2D eigenvalue weighted by Gasteiger charge is 2.37. The molecule has 0 N–H and O–H groups in total. The van der Waals surface area contributed by atoms with Crippen LogP contribution in [0.25, 0.3) is 252 Å². The second-order valence-corrected chi connectivity index (χ2v) is 35.9. The molecular formula is C120H72O3S2. The van der Waals surface area contributed by atoms with Crippen molar-refractivity contribution in [2.24, 2.45) is 0 Å². The second-order valence-electron chi connectivity index (χ2n) is 32.9. The number of hydrogen-bond acceptors (Lipinski definition) is 4. The van der Waals surface area contributed by atoms with E-state index in [1.165, 1.54) is 180 Å². The zero-order valence-electron chi connectivity index (χ0n) is 67.6. The zero-order chi connectivity index (χ0) is 82.5. The third-order valence-electron chi connectivity index (χ3n) is 26.2. The summed E-state index contributed by atoms with van der Waals surface area (Å²) in [6.07, 6.45) is 0. The summed E-state index contributed by atoms with van der Waals surface area (Å²) in [5.41, 5.74) is 40.1. The lowest BCUT2D eigenvalue weighted by atomic mass is 9.82. The van der Waals surface area contributed by atoms with Crippen molar-refractivity contribution in [3.8, 4) is 178 Å². The van der Waals surface area contributed by atoms with Crippen molar-refractivity contribution in [3.05, 3.63) is 437 Å². The van der Waals surface area contributed by atoms with Crippen LogP contribution in [-0.2, 0) is 9.84 Å². The third-order valence-corrected chi connectivity index (χ3v) is 29.2. The molecule has 0 fully saturated rings. The predicted octanol–water partition coefficient (Wildman–Crippen LogP) is 33.5. The molecule has 23 aromatic rings. The van der Waals surface area contributed by atoms with Gasteiger partial charge in [0, 0.05) is 42.1 Å². The molecule has 21 aromatic carbocycles. The van der Waals surface area contributed by atoms with Gasteiger partial charge in [-0.15, -0.1) is 11.3 Å². The fourth-order valence-electron chi connectivity index (χ4n) is 20.9. The molecule has 4 aliphatic rings. The van der Waals surface area contributed by atoms with Gasteiger partial charge in [0.15, 0.2) is 0 Å². The first-order chi connectivity index (χ1) is 61.8. The molecule has 3 aliphatic carbocycles. The largest absolute Gasteiger partial charge is 0.456 e. The average Bonchev–Trinajstić information content (AvgIpc) is 1.57. The molecule has 3 nitrogen and oxygen atoms in total. The van der Waals surface area contributed by atoms with E-state index in [0.29, 0.717) is 9.79 Å². The van der Waals surface area contributed by atoms with Crippen LogP contribution in [0, 0.1) is 0 Å². The van der Waals surface area contributed by atoms with Crippen LogP contribution in [0.3, 0.4) is 0 Å². The minimum atomic E-state index is -3.62. The molecule has 0 amide bonds. The lowest BCUT2D eigenvalue weighted by molar-refractivity contribution is 0.598. The molecule has 0 atom stereocenters. The van der Waals surface area contributed by atoms with Gasteiger partial charge >= 0.3 is 0 Å². The molecule has 582 valence electrons. The summed E-state index contributed by atoms with van der Waals surface area (Å²) >= 11 is 1.88. The Morgan fingerprint density at radius 1 is 0.176 bits per heavy atom. The van der Waals surface area contributed by atoms with Gasteiger partial charge < -0.3 is 4.42 Å². The standard InChI is InChI=1S/C40H24O2S.C40H24O.C40H24S/c41-43(42)35-20-8-7-17-29(35)30-22-21-28(23-36(30)43)34-24-33(25-11-3-1-4-12-25)39-31-18-9-15-26-16-10-19-32(37(26)31)40(39)38(34)27-13-5-2-6-14-27;2*1-3-11-25(12-4-1)33-24-34(28-21-22-30-29-17-7-8-20-35(29)41-36(30)23-28)38(27-13-5-2-6-14-27)40-32-19-10-16-26-15-9-18-31(37(26)32)39(33)40/h1-24H;2*1-24H. The summed E-state index contributed by atoms with van der Waals surface area (Å²) in [5, 5.41) is 12.7. The van der Waals surface area contributed by atoms with E-state index in [1.54, 1.807) is 12.1 Å². The number of para-hydroxylation sites is 1. The van der Waals surface area contributed by atoms with E-state index >= 15 is 0 Å². The smallest absolute Gasteiger partial charge is 0.207 e. The highest BCUT2D eigenvalue weighted by Crippen LogP contribution is 2.62. The van der Waals surface area contributed by atoms with E-state index in [0.717, 1.165) is 72.0 Å². The number of thiophene rings is 1. The number of benzene rings is 21. The Balaban J connectivity index is 0.000000103. The van der Waals surface area contributed by atoms with E-state index in [2.05, 4.69) is 376 Å². The Bertz CT molecular complexity index is 8220. The van der Waals surface area contributed by atoms with Gasteiger partial charge in [0.25, 0.3) is 0 Å². The quantitative estimate of drug-likeness (QED) is 0.145. The first-order valence-electron chi connectivity index (χ1n) is 42.7. The van der Waals surface area contributed by atoms with Crippen LogP contribution in [0.15, 0.2) is 451 Å². The number of rotatable bonds is 9. The van der Waals surface area contributed by atoms with Gasteiger partial charge in [-0.05, 0) is 260 Å². The van der Waals surface area contributed by atoms with Crippen molar-refractivity contribution < 1.29 is 12.8 Å². The second kappa shape index (κ2) is 28.8. The Hall–Kier alpha value is -15.6. The summed E-state index contributed by atoms with van der Waals surface area (Å²) in [7, 11) is -3.62. The lowest BCUT2D eigenvalue weighted by Gasteiger charge is -2.21. The summed E-state index contributed by atoms with van der Waals surface area (Å²) < 4.78 is 36.6. The Morgan fingerprint density at radius 2 is 0.488 bits per heavy atom. The van der Waals surface area contributed by atoms with Crippen LogP contribution < -0.4 is 0 Å². The van der Waals surface area contributed by atoms with Crippen molar-refractivity contribution in [3.63, 3.8) is 0 Å². The number of sulfone groups is 1. The van der Waals surface area contributed by atoms with E-state index in [1.807, 2.05) is 59.9 Å². The van der Waals surface area contributed by atoms with Crippen LogP contribution in [0.2, 0.25) is 0 Å². The summed E-state index contributed by atoms with van der Waals surface area (Å²) in [6, 6.07) is 156. The van der Waals surface area contributed by atoms with Gasteiger partial charge in [-0.2, -0.15) is 0 Å². The van der Waals surface area contributed by atoms with Gasteiger partial charge in [-0.25, -0.2) is 8.42 Å². The first-order valence-corrected chi connectivity index (χ1v) is 45.0. The molecule has 0 bridgehead atoms. The predicted molar refractivity (Wildman–Crippen MR) is 525 cm³/mol. The van der Waals surface area contributed by atoms with Crippen LogP contribution in [0.5, 0.6) is 0 Å². The van der Waals surface area contributed by atoms with Crippen molar-refractivity contribution in [2.75, 3.05) is 0 Å². The normalized spacial score (nSPS) is 12.4. The maximum atomic E-state index is 13.8. The molecular weight excluding hydrogens is 1550 g/mol. The maximum absolute atomic E-state index is 13.8. The molecule has 27 rings (SSSR count). The Labute approximate surface area is 727 Å². The molecule has 2 aromatic heterocycles. The van der Waals surface area contributed by atoms with E-state index in [-0.39, 0.29) is 0 Å². The van der Waals surface area contributed by atoms with Crippen LogP contribution in [-0.4, -0.2) is 8.42 Å². The van der Waals surface area contributed by atoms with Crippen molar-refractivity contribution in [1.82, 2.24) is 0 Å². The fourth-order valence-corrected chi connectivity index (χ4v) is 23.7. The lowest BCUT2D eigenvalue weighted by Crippen LogP contribution is -1.98.